The quantitative estimate of drug-likeness (QED) is 0.812. The van der Waals surface area contributed by atoms with Crippen LogP contribution in [0.15, 0.2) is 24.3 Å². The summed E-state index contributed by atoms with van der Waals surface area (Å²) in [5, 5.41) is 5.63. The summed E-state index contributed by atoms with van der Waals surface area (Å²) in [6, 6.07) is 7.14. The normalized spacial score (nSPS) is 25.7. The van der Waals surface area contributed by atoms with Gasteiger partial charge in [-0.15, -0.1) is 0 Å². The molecular weight excluding hydrogens is 330 g/mol. The van der Waals surface area contributed by atoms with Crippen molar-refractivity contribution in [3.63, 3.8) is 0 Å². The lowest BCUT2D eigenvalue weighted by Crippen LogP contribution is -2.54. The smallest absolute Gasteiger partial charge is 0.325 e. The molecular formula is C20H27N3O3. The highest BCUT2D eigenvalue weighted by Gasteiger charge is 2.55. The van der Waals surface area contributed by atoms with Gasteiger partial charge in [-0.3, -0.25) is 14.5 Å². The highest BCUT2D eigenvalue weighted by molar-refractivity contribution is 6.10. The number of urea groups is 1. The van der Waals surface area contributed by atoms with E-state index in [-0.39, 0.29) is 24.3 Å². The molecule has 140 valence electrons. The van der Waals surface area contributed by atoms with E-state index in [1.807, 2.05) is 31.2 Å². The van der Waals surface area contributed by atoms with Crippen LogP contribution in [0.2, 0.25) is 0 Å². The summed E-state index contributed by atoms with van der Waals surface area (Å²) < 4.78 is 0. The van der Waals surface area contributed by atoms with Crippen LogP contribution >= 0.6 is 0 Å². The Labute approximate surface area is 154 Å². The van der Waals surface area contributed by atoms with Crippen LogP contribution in [0.1, 0.15) is 57.9 Å². The van der Waals surface area contributed by atoms with Crippen molar-refractivity contribution >= 4 is 23.5 Å². The Morgan fingerprint density at radius 1 is 1.27 bits per heavy atom. The van der Waals surface area contributed by atoms with Gasteiger partial charge in [0.2, 0.25) is 5.91 Å². The molecule has 0 unspecified atom stereocenters. The van der Waals surface area contributed by atoms with Crippen LogP contribution in [-0.2, 0) is 9.59 Å². The van der Waals surface area contributed by atoms with E-state index in [4.69, 9.17) is 0 Å². The topological polar surface area (TPSA) is 78.5 Å². The number of hydrogen-bond donors (Lipinski definition) is 2. The van der Waals surface area contributed by atoms with Gasteiger partial charge in [0.1, 0.15) is 12.1 Å². The summed E-state index contributed by atoms with van der Waals surface area (Å²) in [6.45, 7) is 5.95. The van der Waals surface area contributed by atoms with Crippen LogP contribution in [-0.4, -0.2) is 34.8 Å². The molecule has 1 aromatic rings. The van der Waals surface area contributed by atoms with Crippen LogP contribution < -0.4 is 10.6 Å². The monoisotopic (exact) mass is 357 g/mol. The van der Waals surface area contributed by atoms with E-state index in [1.54, 1.807) is 0 Å². The van der Waals surface area contributed by atoms with Crippen molar-refractivity contribution in [2.45, 2.75) is 57.9 Å². The first kappa shape index (κ1) is 18.4. The lowest BCUT2D eigenvalue weighted by Gasteiger charge is -2.36. The van der Waals surface area contributed by atoms with Crippen molar-refractivity contribution in [3.8, 4) is 0 Å². The predicted octanol–water partition coefficient (Wildman–Crippen LogP) is 3.25. The van der Waals surface area contributed by atoms with Crippen LogP contribution in [0.4, 0.5) is 10.5 Å². The molecule has 1 aromatic carbocycles. The molecule has 1 saturated carbocycles. The van der Waals surface area contributed by atoms with E-state index >= 15 is 0 Å². The van der Waals surface area contributed by atoms with Crippen molar-refractivity contribution in [2.75, 3.05) is 11.9 Å². The van der Waals surface area contributed by atoms with Crippen molar-refractivity contribution in [1.82, 2.24) is 10.2 Å². The molecule has 1 heterocycles. The molecule has 1 aliphatic heterocycles. The maximum absolute atomic E-state index is 12.9. The van der Waals surface area contributed by atoms with Crippen LogP contribution in [0.25, 0.3) is 0 Å². The van der Waals surface area contributed by atoms with Gasteiger partial charge < -0.3 is 10.6 Å². The number of rotatable bonds is 4. The van der Waals surface area contributed by atoms with Gasteiger partial charge in [0.25, 0.3) is 5.91 Å². The summed E-state index contributed by atoms with van der Waals surface area (Å²) in [6.07, 6.45) is 3.54. The van der Waals surface area contributed by atoms with Crippen LogP contribution in [0, 0.1) is 5.92 Å². The summed E-state index contributed by atoms with van der Waals surface area (Å²) in [5.41, 5.74) is 1.02. The molecule has 2 N–H and O–H groups in total. The molecule has 1 spiro atoms. The minimum Gasteiger partial charge on any atom is -0.325 e. The van der Waals surface area contributed by atoms with Gasteiger partial charge in [-0.1, -0.05) is 45.7 Å². The minimum absolute atomic E-state index is 0.0874. The van der Waals surface area contributed by atoms with Gasteiger partial charge in [0.05, 0.1) is 0 Å². The highest BCUT2D eigenvalue weighted by atomic mass is 16.2. The summed E-state index contributed by atoms with van der Waals surface area (Å²) in [5.74, 6) is -0.130. The van der Waals surface area contributed by atoms with Crippen molar-refractivity contribution in [2.24, 2.45) is 5.92 Å². The Bertz CT molecular complexity index is 714. The SMILES string of the molecule is CC(C)c1ccc(NC(=O)CN2C(=O)N[C@]3(CCCC[C@@H]3C)C2=O)cc1. The number of nitrogens with zero attached hydrogens (tertiary/aromatic N) is 1. The summed E-state index contributed by atoms with van der Waals surface area (Å²) in [7, 11) is 0. The van der Waals surface area contributed by atoms with Gasteiger partial charge in [-0.25, -0.2) is 4.79 Å². The van der Waals surface area contributed by atoms with E-state index in [1.165, 1.54) is 5.56 Å². The molecule has 0 bridgehead atoms. The highest BCUT2D eigenvalue weighted by Crippen LogP contribution is 2.38. The lowest BCUT2D eigenvalue weighted by molar-refractivity contribution is -0.136. The average molecular weight is 357 g/mol. The van der Waals surface area contributed by atoms with E-state index in [0.717, 1.165) is 24.2 Å². The van der Waals surface area contributed by atoms with Gasteiger partial charge in [0, 0.05) is 5.69 Å². The average Bonchev–Trinajstić information content (AvgIpc) is 2.83. The number of hydrogen-bond acceptors (Lipinski definition) is 3. The number of nitrogens with one attached hydrogen (secondary N) is 2. The molecule has 0 radical (unpaired) electrons. The second kappa shape index (κ2) is 7.09. The molecule has 1 aliphatic carbocycles. The van der Waals surface area contributed by atoms with Gasteiger partial charge >= 0.3 is 6.03 Å². The molecule has 2 fully saturated rings. The number of amides is 4. The lowest BCUT2D eigenvalue weighted by atomic mass is 9.73. The van der Waals surface area contributed by atoms with E-state index in [0.29, 0.717) is 18.0 Å². The number of anilines is 1. The fraction of sp³-hybridized carbons (Fsp3) is 0.550. The summed E-state index contributed by atoms with van der Waals surface area (Å²) >= 11 is 0. The molecule has 3 rings (SSSR count). The zero-order valence-electron chi connectivity index (χ0n) is 15.7. The van der Waals surface area contributed by atoms with E-state index in [2.05, 4.69) is 24.5 Å². The first-order valence-electron chi connectivity index (χ1n) is 9.37. The van der Waals surface area contributed by atoms with E-state index in [9.17, 15) is 14.4 Å². The van der Waals surface area contributed by atoms with Crippen molar-refractivity contribution in [3.05, 3.63) is 29.8 Å². The third kappa shape index (κ3) is 3.32. The van der Waals surface area contributed by atoms with Crippen LogP contribution in [0.3, 0.4) is 0 Å². The Hall–Kier alpha value is -2.37. The predicted molar refractivity (Wildman–Crippen MR) is 99.8 cm³/mol. The van der Waals surface area contributed by atoms with Gasteiger partial charge in [-0.2, -0.15) is 0 Å². The standard InChI is InChI=1S/C20H27N3O3/c1-13(2)15-7-9-16(10-8-15)21-17(24)12-23-18(25)20(22-19(23)26)11-5-4-6-14(20)3/h7-10,13-14H,4-6,11-12H2,1-3H3,(H,21,24)(H,22,26)/t14-,20-/m0/s1. The Balaban J connectivity index is 1.65. The number of carbonyl (C=O) groups excluding carboxylic acids is 3. The molecule has 4 amide bonds. The Morgan fingerprint density at radius 2 is 1.96 bits per heavy atom. The van der Waals surface area contributed by atoms with Crippen LogP contribution in [0.5, 0.6) is 0 Å². The fourth-order valence-corrected chi connectivity index (χ4v) is 3.93. The molecule has 1 saturated heterocycles. The first-order valence-corrected chi connectivity index (χ1v) is 9.37. The van der Waals surface area contributed by atoms with E-state index < -0.39 is 11.6 Å². The third-order valence-corrected chi connectivity index (χ3v) is 5.66. The Morgan fingerprint density at radius 3 is 2.58 bits per heavy atom. The minimum atomic E-state index is -0.825. The third-order valence-electron chi connectivity index (χ3n) is 5.66. The molecule has 2 aliphatic rings. The largest absolute Gasteiger partial charge is 0.325 e. The number of imide groups is 1. The maximum Gasteiger partial charge on any atom is 0.325 e. The molecule has 26 heavy (non-hydrogen) atoms. The van der Waals surface area contributed by atoms with Crippen molar-refractivity contribution in [1.29, 1.82) is 0 Å². The van der Waals surface area contributed by atoms with Gasteiger partial charge in [-0.05, 0) is 42.4 Å². The molecule has 2 atom stereocenters. The fourth-order valence-electron chi connectivity index (χ4n) is 3.93. The molecule has 0 aromatic heterocycles. The second-order valence-electron chi connectivity index (χ2n) is 7.76. The van der Waals surface area contributed by atoms with Crippen molar-refractivity contribution < 1.29 is 14.4 Å². The number of carbonyl (C=O) groups is 3. The zero-order chi connectivity index (χ0) is 18.9. The molecule has 6 heteroatoms. The number of benzene rings is 1. The van der Waals surface area contributed by atoms with Gasteiger partial charge in [0.15, 0.2) is 0 Å². The Kier molecular flexibility index (Phi) is 5.03. The zero-order valence-corrected chi connectivity index (χ0v) is 15.7. The maximum atomic E-state index is 12.9. The second-order valence-corrected chi connectivity index (χ2v) is 7.76. The summed E-state index contributed by atoms with van der Waals surface area (Å²) in [4.78, 5) is 38.6. The first-order chi connectivity index (χ1) is 12.3. The molecule has 6 nitrogen and oxygen atoms in total.